The summed E-state index contributed by atoms with van der Waals surface area (Å²) in [4.78, 5) is 23.3. The van der Waals surface area contributed by atoms with Crippen molar-refractivity contribution in [1.82, 2.24) is 24.6 Å². The molecule has 0 spiro atoms. The molecular weight excluding hydrogens is 318 g/mol. The number of aryl methyl sites for hydroxylation is 2. The Labute approximate surface area is 148 Å². The molecule has 0 aliphatic carbocycles. The first-order chi connectivity index (χ1) is 11.9. The molecule has 1 amide bonds. The number of aliphatic hydroxyl groups excluding tert-OH is 1. The predicted octanol–water partition coefficient (Wildman–Crippen LogP) is 2.02. The van der Waals surface area contributed by atoms with Crippen molar-refractivity contribution in [3.63, 3.8) is 0 Å². The Balaban J connectivity index is 2.49. The van der Waals surface area contributed by atoms with Gasteiger partial charge in [-0.05, 0) is 25.8 Å². The standard InChI is InChI=1S/C18H25N5O2/c1-6-7-22(8-9-24)17(25)15-11-23(21-16(15)12(2)3)18-19-13(4)10-14(5)20-18/h6,10-12,24H,1,7-9H2,2-5H3. The van der Waals surface area contributed by atoms with E-state index < -0.39 is 0 Å². The molecule has 1 N–H and O–H groups in total. The van der Waals surface area contributed by atoms with E-state index in [0.29, 0.717) is 23.8 Å². The number of carbonyl (C=O) groups excluding carboxylic acids is 1. The number of hydrogen-bond acceptors (Lipinski definition) is 5. The van der Waals surface area contributed by atoms with Gasteiger partial charge in [0.2, 0.25) is 0 Å². The molecule has 0 aliphatic rings. The summed E-state index contributed by atoms with van der Waals surface area (Å²) in [6.45, 7) is 11.9. The molecule has 0 radical (unpaired) electrons. The lowest BCUT2D eigenvalue weighted by Gasteiger charge is -2.20. The van der Waals surface area contributed by atoms with E-state index in [1.807, 2.05) is 33.8 Å². The van der Waals surface area contributed by atoms with E-state index in [9.17, 15) is 9.90 Å². The fourth-order valence-corrected chi connectivity index (χ4v) is 2.61. The third kappa shape index (κ3) is 4.30. The summed E-state index contributed by atoms with van der Waals surface area (Å²) >= 11 is 0. The summed E-state index contributed by atoms with van der Waals surface area (Å²) in [5, 5.41) is 13.8. The average molecular weight is 343 g/mol. The number of aromatic nitrogens is 4. The quantitative estimate of drug-likeness (QED) is 0.778. The van der Waals surface area contributed by atoms with Crippen LogP contribution in [-0.4, -0.2) is 55.4 Å². The topological polar surface area (TPSA) is 84.1 Å². The van der Waals surface area contributed by atoms with Crippen LogP contribution in [0.5, 0.6) is 0 Å². The second kappa shape index (κ2) is 8.02. The smallest absolute Gasteiger partial charge is 0.257 e. The van der Waals surface area contributed by atoms with Gasteiger partial charge < -0.3 is 10.0 Å². The van der Waals surface area contributed by atoms with E-state index in [2.05, 4.69) is 21.6 Å². The second-order valence-corrected chi connectivity index (χ2v) is 6.24. The first kappa shape index (κ1) is 18.8. The first-order valence-electron chi connectivity index (χ1n) is 8.30. The Kier molecular flexibility index (Phi) is 6.03. The molecule has 0 unspecified atom stereocenters. The maximum atomic E-state index is 12.9. The normalized spacial score (nSPS) is 11.0. The first-order valence-corrected chi connectivity index (χ1v) is 8.30. The molecule has 2 aromatic heterocycles. The van der Waals surface area contributed by atoms with Crippen LogP contribution in [0.25, 0.3) is 5.95 Å². The van der Waals surface area contributed by atoms with Gasteiger partial charge in [0, 0.05) is 30.7 Å². The minimum absolute atomic E-state index is 0.0609. The molecule has 2 aromatic rings. The molecule has 0 bridgehead atoms. The molecule has 0 saturated carbocycles. The van der Waals surface area contributed by atoms with Gasteiger partial charge in [-0.15, -0.1) is 6.58 Å². The maximum absolute atomic E-state index is 12.9. The fraction of sp³-hybridized carbons (Fsp3) is 0.444. The Morgan fingerprint density at radius 1 is 1.36 bits per heavy atom. The lowest BCUT2D eigenvalue weighted by atomic mass is 10.1. The van der Waals surface area contributed by atoms with Crippen molar-refractivity contribution < 1.29 is 9.90 Å². The largest absolute Gasteiger partial charge is 0.395 e. The lowest BCUT2D eigenvalue weighted by Crippen LogP contribution is -2.34. The van der Waals surface area contributed by atoms with E-state index in [4.69, 9.17) is 0 Å². The molecular formula is C18H25N5O2. The summed E-state index contributed by atoms with van der Waals surface area (Å²) in [5.41, 5.74) is 2.85. The van der Waals surface area contributed by atoms with Crippen molar-refractivity contribution in [1.29, 1.82) is 0 Å². The minimum Gasteiger partial charge on any atom is -0.395 e. The van der Waals surface area contributed by atoms with Crippen LogP contribution in [-0.2, 0) is 0 Å². The molecule has 0 aromatic carbocycles. The third-order valence-corrected chi connectivity index (χ3v) is 3.70. The lowest BCUT2D eigenvalue weighted by molar-refractivity contribution is 0.0741. The zero-order valence-corrected chi connectivity index (χ0v) is 15.2. The van der Waals surface area contributed by atoms with Crippen molar-refractivity contribution >= 4 is 5.91 Å². The monoisotopic (exact) mass is 343 g/mol. The van der Waals surface area contributed by atoms with Crippen molar-refractivity contribution in [2.75, 3.05) is 19.7 Å². The van der Waals surface area contributed by atoms with Gasteiger partial charge in [-0.2, -0.15) is 5.10 Å². The molecule has 0 fully saturated rings. The Morgan fingerprint density at radius 3 is 2.52 bits per heavy atom. The van der Waals surface area contributed by atoms with Crippen molar-refractivity contribution in [2.45, 2.75) is 33.6 Å². The Bertz CT molecular complexity index is 747. The summed E-state index contributed by atoms with van der Waals surface area (Å²) in [5.74, 6) is 0.315. The summed E-state index contributed by atoms with van der Waals surface area (Å²) in [6, 6.07) is 1.88. The van der Waals surface area contributed by atoms with Crippen molar-refractivity contribution in [3.8, 4) is 5.95 Å². The van der Waals surface area contributed by atoms with Crippen LogP contribution in [0.2, 0.25) is 0 Å². The highest BCUT2D eigenvalue weighted by atomic mass is 16.3. The molecule has 25 heavy (non-hydrogen) atoms. The van der Waals surface area contributed by atoms with Gasteiger partial charge in [-0.3, -0.25) is 4.79 Å². The van der Waals surface area contributed by atoms with Gasteiger partial charge in [-0.1, -0.05) is 19.9 Å². The highest BCUT2D eigenvalue weighted by Crippen LogP contribution is 2.21. The molecule has 7 nitrogen and oxygen atoms in total. The number of amides is 1. The van der Waals surface area contributed by atoms with Gasteiger partial charge >= 0.3 is 0 Å². The SMILES string of the molecule is C=CCN(CCO)C(=O)c1cn(-c2nc(C)cc(C)n2)nc1C(C)C. The van der Waals surface area contributed by atoms with Crippen LogP contribution < -0.4 is 0 Å². The number of nitrogens with zero attached hydrogens (tertiary/aromatic N) is 5. The van der Waals surface area contributed by atoms with Crippen LogP contribution >= 0.6 is 0 Å². The van der Waals surface area contributed by atoms with Gasteiger partial charge in [0.1, 0.15) is 0 Å². The number of carbonyl (C=O) groups is 1. The third-order valence-electron chi connectivity index (χ3n) is 3.70. The fourth-order valence-electron chi connectivity index (χ4n) is 2.61. The van der Waals surface area contributed by atoms with Crippen LogP contribution in [0.1, 0.15) is 47.2 Å². The molecule has 0 aliphatic heterocycles. The molecule has 134 valence electrons. The summed E-state index contributed by atoms with van der Waals surface area (Å²) < 4.78 is 1.55. The number of hydrogen-bond donors (Lipinski definition) is 1. The van der Waals surface area contributed by atoms with Gasteiger partial charge in [-0.25, -0.2) is 14.6 Å². The zero-order chi connectivity index (χ0) is 18.6. The van der Waals surface area contributed by atoms with E-state index in [1.54, 1.807) is 21.9 Å². The Morgan fingerprint density at radius 2 is 2.00 bits per heavy atom. The summed E-state index contributed by atoms with van der Waals surface area (Å²) in [7, 11) is 0. The Hall–Kier alpha value is -2.54. The number of rotatable bonds is 7. The average Bonchev–Trinajstić information content (AvgIpc) is 2.98. The van der Waals surface area contributed by atoms with Crippen molar-refractivity contribution in [2.24, 2.45) is 0 Å². The molecule has 7 heteroatoms. The van der Waals surface area contributed by atoms with Crippen LogP contribution in [0.3, 0.4) is 0 Å². The zero-order valence-electron chi connectivity index (χ0n) is 15.2. The highest BCUT2D eigenvalue weighted by molar-refractivity contribution is 5.95. The van der Waals surface area contributed by atoms with Crippen molar-refractivity contribution in [3.05, 3.63) is 47.6 Å². The van der Waals surface area contributed by atoms with E-state index >= 15 is 0 Å². The molecule has 0 atom stereocenters. The number of aliphatic hydroxyl groups is 1. The highest BCUT2D eigenvalue weighted by Gasteiger charge is 2.24. The van der Waals surface area contributed by atoms with Crippen LogP contribution in [0.4, 0.5) is 0 Å². The maximum Gasteiger partial charge on any atom is 0.257 e. The second-order valence-electron chi connectivity index (χ2n) is 6.24. The summed E-state index contributed by atoms with van der Waals surface area (Å²) in [6.07, 6.45) is 3.30. The van der Waals surface area contributed by atoms with Crippen LogP contribution in [0, 0.1) is 13.8 Å². The van der Waals surface area contributed by atoms with E-state index in [1.165, 1.54) is 0 Å². The van der Waals surface area contributed by atoms with Gasteiger partial charge in [0.05, 0.1) is 17.9 Å². The molecule has 2 heterocycles. The minimum atomic E-state index is -0.187. The van der Waals surface area contributed by atoms with Gasteiger partial charge in [0.25, 0.3) is 11.9 Å². The van der Waals surface area contributed by atoms with Crippen LogP contribution in [0.15, 0.2) is 24.9 Å². The molecule has 2 rings (SSSR count). The molecule has 0 saturated heterocycles. The van der Waals surface area contributed by atoms with Gasteiger partial charge in [0.15, 0.2) is 0 Å². The predicted molar refractivity (Wildman–Crippen MR) is 95.9 cm³/mol. The van der Waals surface area contributed by atoms with E-state index in [-0.39, 0.29) is 25.0 Å². The van der Waals surface area contributed by atoms with E-state index in [0.717, 1.165) is 11.4 Å².